The summed E-state index contributed by atoms with van der Waals surface area (Å²) in [5.74, 6) is 0. The normalized spacial score (nSPS) is 12.5. The van der Waals surface area contributed by atoms with Crippen molar-refractivity contribution in [2.24, 2.45) is 0 Å². The molecular formula is C20H16N2S6. The van der Waals surface area contributed by atoms with Gasteiger partial charge in [-0.05, 0) is 94.0 Å². The molecule has 2 aromatic heterocycles. The minimum absolute atomic E-state index is 0.654. The second kappa shape index (κ2) is 7.27. The molecule has 2 heterocycles. The molecule has 0 bridgehead atoms. The number of aryl methyl sites for hydroxylation is 2. The molecule has 8 heteroatoms. The number of hydrogen-bond acceptors (Lipinski definition) is 6. The summed E-state index contributed by atoms with van der Waals surface area (Å²) < 4.78 is 0. The van der Waals surface area contributed by atoms with Gasteiger partial charge >= 0.3 is 0 Å². The zero-order valence-electron chi connectivity index (χ0n) is 15.1. The van der Waals surface area contributed by atoms with E-state index in [4.69, 9.17) is 54.7 Å². The Hall–Kier alpha value is -1.16. The molecule has 0 aliphatic carbocycles. The van der Waals surface area contributed by atoms with E-state index in [0.29, 0.717) is 10.1 Å². The smallest absolute Gasteiger partial charge is 0.115 e. The minimum Gasteiger partial charge on any atom is -0.240 e. The van der Waals surface area contributed by atoms with Crippen LogP contribution in [-0.2, 0) is 57.1 Å². The van der Waals surface area contributed by atoms with Gasteiger partial charge in [-0.15, -0.1) is 0 Å². The van der Waals surface area contributed by atoms with Crippen LogP contribution in [-0.4, -0.2) is 9.97 Å². The summed E-state index contributed by atoms with van der Waals surface area (Å²) in [6.07, 6.45) is -4.77. The van der Waals surface area contributed by atoms with Crippen LogP contribution in [0.1, 0.15) is 11.1 Å². The summed E-state index contributed by atoms with van der Waals surface area (Å²) in [4.78, 5) is 9.55. The van der Waals surface area contributed by atoms with Gasteiger partial charge in [0.1, 0.15) is 10.1 Å². The number of benzene rings is 2. The van der Waals surface area contributed by atoms with E-state index in [1.54, 1.807) is 0 Å². The van der Waals surface area contributed by atoms with Crippen molar-refractivity contribution in [1.29, 1.82) is 0 Å². The number of para-hydroxylation sites is 2. The lowest BCUT2D eigenvalue weighted by Gasteiger charge is -2.19. The number of fused-ring (bicyclic) bond motifs is 2. The maximum Gasteiger partial charge on any atom is 0.115 e. The van der Waals surface area contributed by atoms with Crippen molar-refractivity contribution in [3.8, 4) is 0 Å². The molecule has 0 N–H and O–H groups in total. The van der Waals surface area contributed by atoms with Gasteiger partial charge < -0.3 is 0 Å². The topological polar surface area (TPSA) is 25.8 Å². The number of hydrogen-bond donors (Lipinski definition) is 0. The van der Waals surface area contributed by atoms with E-state index >= 15 is 0 Å². The van der Waals surface area contributed by atoms with Crippen molar-refractivity contribution >= 4 is 78.9 Å². The van der Waals surface area contributed by atoms with Gasteiger partial charge in [0.2, 0.25) is 0 Å². The van der Waals surface area contributed by atoms with Crippen LogP contribution >= 0.6 is 0 Å². The zero-order valence-corrected chi connectivity index (χ0v) is 20.0. The van der Waals surface area contributed by atoms with Crippen molar-refractivity contribution in [2.45, 2.75) is 23.9 Å². The molecule has 0 aliphatic rings. The van der Waals surface area contributed by atoms with E-state index in [2.05, 4.69) is 0 Å². The lowest BCUT2D eigenvalue weighted by molar-refractivity contribution is 1.16. The van der Waals surface area contributed by atoms with E-state index in [-0.39, 0.29) is 0 Å². The Morgan fingerprint density at radius 3 is 1.36 bits per heavy atom. The van der Waals surface area contributed by atoms with Crippen LogP contribution in [0.15, 0.2) is 70.7 Å². The standard InChI is InChI=1S/C20H16N2S6/c1-13-11-19(21-17-9-5-3-7-15(13)17)27(23,24)28(25,26)20-12-14(2)16-8-4-6-10-18(16)22-20/h3-12H,1-2H3. The van der Waals surface area contributed by atoms with E-state index < -0.39 is 12.4 Å². The van der Waals surface area contributed by atoms with E-state index in [9.17, 15) is 0 Å². The maximum absolute atomic E-state index is 5.94. The monoisotopic (exact) mass is 476 g/mol. The van der Waals surface area contributed by atoms with E-state index in [1.807, 2.05) is 74.5 Å². The Morgan fingerprint density at radius 2 is 0.964 bits per heavy atom. The molecule has 2 aromatic carbocycles. The average Bonchev–Trinajstić information content (AvgIpc) is 2.67. The third-order valence-electron chi connectivity index (χ3n) is 4.60. The molecule has 0 aliphatic heterocycles. The molecule has 0 radical (unpaired) electrons. The highest BCUT2D eigenvalue weighted by atomic mass is 33.7. The van der Waals surface area contributed by atoms with Gasteiger partial charge in [-0.1, -0.05) is 36.4 Å². The predicted molar refractivity (Wildman–Crippen MR) is 134 cm³/mol. The molecule has 0 fully saturated rings. The van der Waals surface area contributed by atoms with Crippen LogP contribution < -0.4 is 0 Å². The number of pyridine rings is 2. The molecule has 4 rings (SSSR count). The highest BCUT2D eigenvalue weighted by molar-refractivity contribution is 9.10. The van der Waals surface area contributed by atoms with Gasteiger partial charge in [0, 0.05) is 23.1 Å². The fraction of sp³-hybridized carbons (Fsp3) is 0.100. The van der Waals surface area contributed by atoms with Crippen LogP contribution in [0.3, 0.4) is 0 Å². The average molecular weight is 477 g/mol. The van der Waals surface area contributed by atoms with E-state index in [0.717, 1.165) is 32.9 Å². The van der Waals surface area contributed by atoms with Gasteiger partial charge in [0.05, 0.1) is 11.0 Å². The molecule has 0 spiro atoms. The van der Waals surface area contributed by atoms with Crippen molar-refractivity contribution in [1.82, 2.24) is 9.97 Å². The Labute approximate surface area is 183 Å². The third-order valence-corrected chi connectivity index (χ3v) is 21.9. The highest BCUT2D eigenvalue weighted by Crippen LogP contribution is 2.30. The second-order valence-corrected chi connectivity index (χ2v) is 21.9. The van der Waals surface area contributed by atoms with Crippen LogP contribution in [0.2, 0.25) is 0 Å². The first kappa shape index (κ1) is 20.1. The lowest BCUT2D eigenvalue weighted by Crippen LogP contribution is -2.15. The van der Waals surface area contributed by atoms with Crippen molar-refractivity contribution < 1.29 is 0 Å². The van der Waals surface area contributed by atoms with Crippen LogP contribution in [0.4, 0.5) is 0 Å². The lowest BCUT2D eigenvalue weighted by atomic mass is 10.1. The number of rotatable bonds is 3. The Balaban J connectivity index is 1.94. The van der Waals surface area contributed by atoms with Gasteiger partial charge in [-0.3, -0.25) is 0 Å². The SMILES string of the molecule is Cc1cc(S(=S)(=S)S(=S)(=S)c2cc(C)c3ccccc3n2)nc2ccccc12. The molecule has 28 heavy (non-hydrogen) atoms. The first-order valence-electron chi connectivity index (χ1n) is 8.45. The largest absolute Gasteiger partial charge is 0.240 e. The molecule has 0 unspecified atom stereocenters. The van der Waals surface area contributed by atoms with Gasteiger partial charge in [0.25, 0.3) is 0 Å². The first-order valence-corrected chi connectivity index (χ1v) is 15.9. The molecule has 0 saturated heterocycles. The molecule has 0 amide bonds. The van der Waals surface area contributed by atoms with Crippen molar-refractivity contribution in [2.75, 3.05) is 0 Å². The summed E-state index contributed by atoms with van der Waals surface area (Å²) >= 11 is 23.8. The van der Waals surface area contributed by atoms with Crippen LogP contribution in [0.5, 0.6) is 0 Å². The molecule has 4 aromatic rings. The van der Waals surface area contributed by atoms with Gasteiger partial charge in [-0.25, -0.2) is 9.97 Å². The summed E-state index contributed by atoms with van der Waals surface area (Å²) in [5, 5.41) is 3.48. The Kier molecular flexibility index (Phi) is 5.22. The molecule has 0 saturated carbocycles. The first-order chi connectivity index (χ1) is 13.2. The Morgan fingerprint density at radius 1 is 0.607 bits per heavy atom. The van der Waals surface area contributed by atoms with Gasteiger partial charge in [-0.2, -0.15) is 0 Å². The summed E-state index contributed by atoms with van der Waals surface area (Å²) in [7, 11) is 0. The van der Waals surface area contributed by atoms with E-state index in [1.165, 1.54) is 0 Å². The maximum atomic E-state index is 5.94. The highest BCUT2D eigenvalue weighted by Gasteiger charge is 2.23. The van der Waals surface area contributed by atoms with Crippen molar-refractivity contribution in [3.05, 3.63) is 71.8 Å². The summed E-state index contributed by atoms with van der Waals surface area (Å²) in [6, 6.07) is 19.9. The summed E-state index contributed by atoms with van der Waals surface area (Å²) in [6.45, 7) is 4.08. The Bertz CT molecular complexity index is 1340. The number of aromatic nitrogens is 2. The van der Waals surface area contributed by atoms with Crippen LogP contribution in [0.25, 0.3) is 21.8 Å². The van der Waals surface area contributed by atoms with Crippen molar-refractivity contribution in [3.63, 3.8) is 0 Å². The summed E-state index contributed by atoms with van der Waals surface area (Å²) in [5.41, 5.74) is 3.89. The molecule has 2 nitrogen and oxygen atoms in total. The second-order valence-electron chi connectivity index (χ2n) is 6.50. The number of nitrogens with zero attached hydrogens (tertiary/aromatic N) is 2. The fourth-order valence-electron chi connectivity index (χ4n) is 3.12. The zero-order chi connectivity index (χ0) is 20.1. The predicted octanol–water partition coefficient (Wildman–Crippen LogP) is 4.89. The fourth-order valence-corrected chi connectivity index (χ4v) is 10.0. The molecular weight excluding hydrogens is 461 g/mol. The minimum atomic E-state index is -2.38. The third kappa shape index (κ3) is 3.26. The molecule has 142 valence electrons. The van der Waals surface area contributed by atoms with Crippen LogP contribution in [0, 0.1) is 13.8 Å². The molecule has 0 atom stereocenters. The quantitative estimate of drug-likeness (QED) is 0.391. The van der Waals surface area contributed by atoms with Gasteiger partial charge in [0.15, 0.2) is 0 Å².